The van der Waals surface area contributed by atoms with Crippen molar-refractivity contribution in [3.8, 4) is 0 Å². The molecule has 146 valence electrons. The monoisotopic (exact) mass is 377 g/mol. The van der Waals surface area contributed by atoms with Gasteiger partial charge >= 0.3 is 0 Å². The van der Waals surface area contributed by atoms with Crippen LogP contribution in [-0.2, 0) is 13.9 Å². The van der Waals surface area contributed by atoms with Crippen LogP contribution >= 0.6 is 0 Å². The van der Waals surface area contributed by atoms with Crippen LogP contribution in [0.25, 0.3) is 0 Å². The summed E-state index contributed by atoms with van der Waals surface area (Å²) in [5.41, 5.74) is 0. The molecule has 24 heavy (non-hydrogen) atoms. The van der Waals surface area contributed by atoms with Gasteiger partial charge in [-0.25, -0.2) is 0 Å². The first-order valence-corrected chi connectivity index (χ1v) is 14.8. The van der Waals surface area contributed by atoms with Crippen LogP contribution in [0.5, 0.6) is 0 Å². The molecule has 0 fully saturated rings. The Kier molecular flexibility index (Phi) is 16.9. The van der Waals surface area contributed by atoms with Gasteiger partial charge in [0, 0.05) is 29.3 Å². The minimum atomic E-state index is -1.41. The molecule has 0 aromatic heterocycles. The lowest BCUT2D eigenvalue weighted by Gasteiger charge is -2.28. The molecule has 0 atom stereocenters. The first kappa shape index (κ1) is 24.3. The fourth-order valence-electron chi connectivity index (χ4n) is 3.17. The van der Waals surface area contributed by atoms with Crippen molar-refractivity contribution < 1.29 is 13.9 Å². The topological polar surface area (TPSA) is 39.7 Å². The Labute approximate surface area is 154 Å². The van der Waals surface area contributed by atoms with Crippen LogP contribution in [0.4, 0.5) is 0 Å². The first-order chi connectivity index (χ1) is 11.7. The van der Waals surface area contributed by atoms with Gasteiger partial charge in [0.2, 0.25) is 0 Å². The SMILES string of the molecule is CCOC(C[SiH2]CCCNCCC[Si](CC)(CC)OCC)OCC. The molecular formula is C18H43NO3Si2. The van der Waals surface area contributed by atoms with Gasteiger partial charge in [0.15, 0.2) is 14.6 Å². The third-order valence-electron chi connectivity index (χ3n) is 4.72. The molecule has 0 radical (unpaired) electrons. The molecular weight excluding hydrogens is 334 g/mol. The summed E-state index contributed by atoms with van der Waals surface area (Å²) in [6.07, 6.45) is 2.62. The maximum absolute atomic E-state index is 6.14. The highest BCUT2D eigenvalue weighted by molar-refractivity contribution is 6.73. The Morgan fingerprint density at radius 1 is 0.875 bits per heavy atom. The van der Waals surface area contributed by atoms with Crippen molar-refractivity contribution in [2.75, 3.05) is 32.9 Å². The van der Waals surface area contributed by atoms with Crippen LogP contribution in [-0.4, -0.2) is 57.0 Å². The minimum Gasteiger partial charge on any atom is -0.417 e. The van der Waals surface area contributed by atoms with Crippen molar-refractivity contribution >= 4 is 17.8 Å². The fraction of sp³-hybridized carbons (Fsp3) is 1.00. The quantitative estimate of drug-likeness (QED) is 0.224. The highest BCUT2D eigenvalue weighted by Crippen LogP contribution is 2.23. The van der Waals surface area contributed by atoms with Gasteiger partial charge in [0.1, 0.15) is 0 Å². The predicted octanol–water partition coefficient (Wildman–Crippen LogP) is 3.78. The molecule has 0 saturated carbocycles. The van der Waals surface area contributed by atoms with E-state index in [-0.39, 0.29) is 15.8 Å². The van der Waals surface area contributed by atoms with Crippen molar-refractivity contribution in [2.24, 2.45) is 0 Å². The van der Waals surface area contributed by atoms with Gasteiger partial charge in [-0.3, -0.25) is 0 Å². The second-order valence-corrected chi connectivity index (χ2v) is 12.9. The fourth-order valence-corrected chi connectivity index (χ4v) is 7.92. The molecule has 0 spiro atoms. The summed E-state index contributed by atoms with van der Waals surface area (Å²) in [7, 11) is -1.47. The maximum Gasteiger partial charge on any atom is 0.192 e. The summed E-state index contributed by atoms with van der Waals surface area (Å²) in [5.74, 6) is 0. The van der Waals surface area contributed by atoms with Crippen LogP contribution in [0, 0.1) is 0 Å². The second-order valence-electron chi connectivity index (χ2n) is 6.37. The van der Waals surface area contributed by atoms with E-state index in [9.17, 15) is 0 Å². The van der Waals surface area contributed by atoms with E-state index in [1.165, 1.54) is 37.0 Å². The lowest BCUT2D eigenvalue weighted by Crippen LogP contribution is -2.37. The molecule has 0 saturated heterocycles. The van der Waals surface area contributed by atoms with Crippen LogP contribution in [0.15, 0.2) is 0 Å². The molecule has 0 aliphatic carbocycles. The molecule has 0 aromatic rings. The number of nitrogens with one attached hydrogen (secondary N) is 1. The van der Waals surface area contributed by atoms with Crippen LogP contribution in [0.3, 0.4) is 0 Å². The lowest BCUT2D eigenvalue weighted by atomic mass is 10.4. The van der Waals surface area contributed by atoms with E-state index in [0.29, 0.717) is 0 Å². The Balaban J connectivity index is 3.59. The van der Waals surface area contributed by atoms with Gasteiger partial charge in [-0.1, -0.05) is 19.9 Å². The van der Waals surface area contributed by atoms with Crippen LogP contribution in [0.1, 0.15) is 47.5 Å². The molecule has 6 heteroatoms. The highest BCUT2D eigenvalue weighted by Gasteiger charge is 2.29. The Morgan fingerprint density at radius 2 is 1.50 bits per heavy atom. The first-order valence-electron chi connectivity index (χ1n) is 10.3. The van der Waals surface area contributed by atoms with Crippen molar-refractivity contribution in [1.82, 2.24) is 5.32 Å². The maximum atomic E-state index is 6.14. The van der Waals surface area contributed by atoms with Crippen LogP contribution in [0.2, 0.25) is 30.2 Å². The largest absolute Gasteiger partial charge is 0.417 e. The zero-order chi connectivity index (χ0) is 18.1. The number of ether oxygens (including phenoxy) is 2. The van der Waals surface area contributed by atoms with Gasteiger partial charge in [0.05, 0.1) is 0 Å². The van der Waals surface area contributed by atoms with Crippen molar-refractivity contribution in [3.05, 3.63) is 0 Å². The molecule has 0 aromatic carbocycles. The standard InChI is InChI=1S/C18H43NO3Si2/c1-6-20-18(21-7-2)17-23-15-11-13-19-14-12-16-24(9-4,10-5)22-8-3/h18-19H,6-17,23H2,1-5H3. The van der Waals surface area contributed by atoms with E-state index in [2.05, 4.69) is 26.1 Å². The van der Waals surface area contributed by atoms with Gasteiger partial charge in [0.25, 0.3) is 0 Å². The molecule has 4 nitrogen and oxygen atoms in total. The Bertz CT molecular complexity index is 261. The van der Waals surface area contributed by atoms with Gasteiger partial charge in [-0.05, 0) is 70.9 Å². The summed E-state index contributed by atoms with van der Waals surface area (Å²) in [4.78, 5) is 0. The number of hydrogen-bond donors (Lipinski definition) is 1. The molecule has 0 heterocycles. The molecule has 0 unspecified atom stereocenters. The van der Waals surface area contributed by atoms with Crippen molar-refractivity contribution in [3.63, 3.8) is 0 Å². The minimum absolute atomic E-state index is 0.0550. The van der Waals surface area contributed by atoms with E-state index in [1.807, 2.05) is 13.8 Å². The van der Waals surface area contributed by atoms with E-state index in [0.717, 1.165) is 39.0 Å². The summed E-state index contributed by atoms with van der Waals surface area (Å²) in [6, 6.07) is 6.34. The zero-order valence-electron chi connectivity index (χ0n) is 17.0. The predicted molar refractivity (Wildman–Crippen MR) is 110 cm³/mol. The molecule has 0 aliphatic rings. The summed E-state index contributed by atoms with van der Waals surface area (Å²) < 4.78 is 17.4. The second kappa shape index (κ2) is 16.7. The lowest BCUT2D eigenvalue weighted by molar-refractivity contribution is -0.123. The number of hydrogen-bond acceptors (Lipinski definition) is 4. The Hall–Kier alpha value is 0.274. The molecule has 0 rings (SSSR count). The summed E-state index contributed by atoms with van der Waals surface area (Å²) >= 11 is 0. The van der Waals surface area contributed by atoms with Crippen molar-refractivity contribution in [2.45, 2.75) is 84.0 Å². The zero-order valence-corrected chi connectivity index (χ0v) is 19.4. The van der Waals surface area contributed by atoms with E-state index < -0.39 is 8.32 Å². The van der Waals surface area contributed by atoms with E-state index in [1.54, 1.807) is 0 Å². The van der Waals surface area contributed by atoms with E-state index >= 15 is 0 Å². The number of rotatable bonds is 18. The third-order valence-corrected chi connectivity index (χ3v) is 11.3. The van der Waals surface area contributed by atoms with Gasteiger partial charge in [-0.15, -0.1) is 0 Å². The third kappa shape index (κ3) is 11.8. The van der Waals surface area contributed by atoms with Gasteiger partial charge < -0.3 is 19.2 Å². The summed E-state index contributed by atoms with van der Waals surface area (Å²) in [6.45, 7) is 15.5. The average Bonchev–Trinajstić information content (AvgIpc) is 2.59. The van der Waals surface area contributed by atoms with Gasteiger partial charge in [-0.2, -0.15) is 0 Å². The average molecular weight is 378 g/mol. The highest BCUT2D eigenvalue weighted by atomic mass is 28.4. The van der Waals surface area contributed by atoms with E-state index in [4.69, 9.17) is 13.9 Å². The molecule has 0 amide bonds. The van der Waals surface area contributed by atoms with Crippen LogP contribution < -0.4 is 5.32 Å². The summed E-state index contributed by atoms with van der Waals surface area (Å²) in [5, 5.41) is 3.61. The van der Waals surface area contributed by atoms with Crippen molar-refractivity contribution in [1.29, 1.82) is 0 Å². The molecule has 1 N–H and O–H groups in total. The smallest absolute Gasteiger partial charge is 0.192 e. The Morgan fingerprint density at radius 3 is 2.04 bits per heavy atom. The molecule has 0 bridgehead atoms. The molecule has 0 aliphatic heterocycles. The normalized spacial score (nSPS) is 12.8.